The standard InChI is InChI=1S/C12H14O2.C7H16.C5H12.C4H10/c1-9(13)14-12-8-4-6-10-5-2-3-7-11(10)12;1-4-6-7(3)5-2;1-3-5-4-2;1-4(2)3/h2-3,5,7,12H,4,6,8H2,1H3;7H,4-6H2,1-3H3;3-5H2,1-2H3;4H,1-3H3. The van der Waals surface area contributed by atoms with E-state index in [0.717, 1.165) is 31.1 Å². The molecule has 2 unspecified atom stereocenters. The molecule has 0 saturated heterocycles. The topological polar surface area (TPSA) is 26.3 Å². The van der Waals surface area contributed by atoms with Crippen LogP contribution in [0, 0.1) is 11.8 Å². The van der Waals surface area contributed by atoms with E-state index in [0.29, 0.717) is 0 Å². The van der Waals surface area contributed by atoms with Gasteiger partial charge in [0.25, 0.3) is 0 Å². The molecular formula is C28H52O2. The maximum absolute atomic E-state index is 10.9. The number of carbonyl (C=O) groups excluding carboxylic acids is 1. The summed E-state index contributed by atoms with van der Waals surface area (Å²) in [6.07, 6.45) is 11.3. The van der Waals surface area contributed by atoms with E-state index < -0.39 is 0 Å². The molecule has 0 aromatic heterocycles. The molecule has 1 aromatic rings. The summed E-state index contributed by atoms with van der Waals surface area (Å²) in [4.78, 5) is 10.9. The molecule has 0 saturated carbocycles. The minimum atomic E-state index is -0.188. The van der Waals surface area contributed by atoms with Gasteiger partial charge in [-0.05, 0) is 42.2 Å². The molecule has 0 bridgehead atoms. The Morgan fingerprint density at radius 3 is 1.97 bits per heavy atom. The number of rotatable bonds is 6. The lowest BCUT2D eigenvalue weighted by atomic mass is 9.89. The molecule has 1 aromatic carbocycles. The normalized spacial score (nSPS) is 15.2. The van der Waals surface area contributed by atoms with Gasteiger partial charge < -0.3 is 4.74 Å². The Labute approximate surface area is 189 Å². The molecule has 2 atom stereocenters. The van der Waals surface area contributed by atoms with E-state index >= 15 is 0 Å². The van der Waals surface area contributed by atoms with Crippen LogP contribution in [-0.2, 0) is 16.0 Å². The highest BCUT2D eigenvalue weighted by Gasteiger charge is 2.21. The van der Waals surface area contributed by atoms with Crippen LogP contribution in [0.15, 0.2) is 24.3 Å². The van der Waals surface area contributed by atoms with Crippen molar-refractivity contribution >= 4 is 5.97 Å². The van der Waals surface area contributed by atoms with Crippen molar-refractivity contribution in [3.63, 3.8) is 0 Å². The van der Waals surface area contributed by atoms with E-state index in [2.05, 4.69) is 67.5 Å². The summed E-state index contributed by atoms with van der Waals surface area (Å²) in [5.74, 6) is 1.59. The third-order valence-corrected chi connectivity index (χ3v) is 4.81. The zero-order valence-corrected chi connectivity index (χ0v) is 21.7. The number of carbonyl (C=O) groups is 1. The third-order valence-electron chi connectivity index (χ3n) is 4.81. The van der Waals surface area contributed by atoms with Gasteiger partial charge in [0, 0.05) is 6.92 Å². The third kappa shape index (κ3) is 18.7. The summed E-state index contributed by atoms with van der Waals surface area (Å²) in [5, 5.41) is 0. The van der Waals surface area contributed by atoms with Crippen molar-refractivity contribution in [2.45, 2.75) is 126 Å². The van der Waals surface area contributed by atoms with E-state index in [1.807, 2.05) is 12.1 Å². The van der Waals surface area contributed by atoms with Gasteiger partial charge in [0.1, 0.15) is 6.10 Å². The van der Waals surface area contributed by atoms with E-state index in [1.54, 1.807) is 0 Å². The number of unbranched alkanes of at least 4 members (excludes halogenated alkanes) is 2. The molecule has 1 aliphatic rings. The highest BCUT2D eigenvalue weighted by Crippen LogP contribution is 2.32. The molecule has 0 spiro atoms. The summed E-state index contributed by atoms with van der Waals surface area (Å²) in [5.41, 5.74) is 2.51. The molecule has 0 heterocycles. The molecule has 0 N–H and O–H groups in total. The van der Waals surface area contributed by atoms with Crippen LogP contribution in [0.4, 0.5) is 0 Å². The molecule has 176 valence electrons. The van der Waals surface area contributed by atoms with E-state index in [-0.39, 0.29) is 12.1 Å². The number of aryl methyl sites for hydroxylation is 1. The maximum atomic E-state index is 10.9. The first-order chi connectivity index (χ1) is 14.2. The van der Waals surface area contributed by atoms with Gasteiger partial charge >= 0.3 is 5.97 Å². The first-order valence-electron chi connectivity index (χ1n) is 12.5. The Morgan fingerprint density at radius 1 is 1.00 bits per heavy atom. The Kier molecular flexibility index (Phi) is 21.6. The van der Waals surface area contributed by atoms with Crippen molar-refractivity contribution in [1.29, 1.82) is 0 Å². The zero-order valence-electron chi connectivity index (χ0n) is 21.7. The second-order valence-corrected chi connectivity index (χ2v) is 9.08. The van der Waals surface area contributed by atoms with Crippen molar-refractivity contribution in [3.05, 3.63) is 35.4 Å². The molecule has 2 nitrogen and oxygen atoms in total. The first kappa shape index (κ1) is 30.9. The minimum Gasteiger partial charge on any atom is -0.458 e. The summed E-state index contributed by atoms with van der Waals surface area (Å²) in [6, 6.07) is 8.21. The average Bonchev–Trinajstić information content (AvgIpc) is 2.69. The number of fused-ring (bicyclic) bond motifs is 1. The van der Waals surface area contributed by atoms with Gasteiger partial charge in [0.2, 0.25) is 0 Å². The Bertz CT molecular complexity index is 502. The van der Waals surface area contributed by atoms with Crippen LogP contribution in [0.1, 0.15) is 131 Å². The van der Waals surface area contributed by atoms with E-state index in [4.69, 9.17) is 4.74 Å². The quantitative estimate of drug-likeness (QED) is 0.428. The number of hydrogen-bond donors (Lipinski definition) is 0. The lowest BCUT2D eigenvalue weighted by molar-refractivity contribution is -0.147. The smallest absolute Gasteiger partial charge is 0.303 e. The summed E-state index contributed by atoms with van der Waals surface area (Å²) < 4.78 is 5.28. The Hall–Kier alpha value is -1.31. The number of ether oxygens (including phenoxy) is 1. The van der Waals surface area contributed by atoms with Crippen LogP contribution >= 0.6 is 0 Å². The second kappa shape index (κ2) is 20.9. The number of benzene rings is 1. The van der Waals surface area contributed by atoms with Gasteiger partial charge in [-0.15, -0.1) is 0 Å². The SMILES string of the molecule is CC(=O)OC1CCCc2ccccc21.CC(C)C.CCCC(C)CC.CCCCC. The first-order valence-corrected chi connectivity index (χ1v) is 12.5. The Morgan fingerprint density at radius 2 is 1.57 bits per heavy atom. The molecule has 2 rings (SSSR count). The minimum absolute atomic E-state index is 0.0163. The van der Waals surface area contributed by atoms with Gasteiger partial charge in [-0.1, -0.05) is 118 Å². The fraction of sp³-hybridized carbons (Fsp3) is 0.750. The molecule has 1 aliphatic carbocycles. The molecule has 2 heteroatoms. The molecular weight excluding hydrogens is 368 g/mol. The summed E-state index contributed by atoms with van der Waals surface area (Å²) in [7, 11) is 0. The fourth-order valence-electron chi connectivity index (χ4n) is 3.08. The molecule has 0 fully saturated rings. The number of esters is 1. The highest BCUT2D eigenvalue weighted by atomic mass is 16.5. The van der Waals surface area contributed by atoms with Gasteiger partial charge in [-0.25, -0.2) is 0 Å². The van der Waals surface area contributed by atoms with Crippen molar-refractivity contribution < 1.29 is 9.53 Å². The lowest BCUT2D eigenvalue weighted by Crippen LogP contribution is -2.14. The molecule has 0 radical (unpaired) electrons. The van der Waals surface area contributed by atoms with Crippen molar-refractivity contribution in [2.75, 3.05) is 0 Å². The van der Waals surface area contributed by atoms with Crippen molar-refractivity contribution in [2.24, 2.45) is 11.8 Å². The fourth-order valence-corrected chi connectivity index (χ4v) is 3.08. The Balaban J connectivity index is 0. The van der Waals surface area contributed by atoms with Crippen LogP contribution in [0.25, 0.3) is 0 Å². The second-order valence-electron chi connectivity index (χ2n) is 9.08. The molecule has 0 amide bonds. The van der Waals surface area contributed by atoms with Gasteiger partial charge in [0.05, 0.1) is 0 Å². The van der Waals surface area contributed by atoms with Gasteiger partial charge in [-0.3, -0.25) is 4.79 Å². The van der Waals surface area contributed by atoms with Crippen LogP contribution in [-0.4, -0.2) is 5.97 Å². The monoisotopic (exact) mass is 420 g/mol. The largest absolute Gasteiger partial charge is 0.458 e. The van der Waals surface area contributed by atoms with Gasteiger partial charge in [0.15, 0.2) is 0 Å². The molecule has 0 aliphatic heterocycles. The van der Waals surface area contributed by atoms with Crippen LogP contribution < -0.4 is 0 Å². The predicted molar refractivity (Wildman–Crippen MR) is 134 cm³/mol. The average molecular weight is 421 g/mol. The molecule has 30 heavy (non-hydrogen) atoms. The summed E-state index contributed by atoms with van der Waals surface area (Å²) >= 11 is 0. The number of hydrogen-bond acceptors (Lipinski definition) is 2. The zero-order chi connectivity index (χ0) is 23.4. The van der Waals surface area contributed by atoms with Crippen molar-refractivity contribution in [3.8, 4) is 0 Å². The van der Waals surface area contributed by atoms with E-state index in [1.165, 1.54) is 56.6 Å². The lowest BCUT2D eigenvalue weighted by Gasteiger charge is -2.24. The summed E-state index contributed by atoms with van der Waals surface area (Å²) in [6.45, 7) is 19.2. The van der Waals surface area contributed by atoms with E-state index in [9.17, 15) is 4.79 Å². The van der Waals surface area contributed by atoms with Crippen LogP contribution in [0.3, 0.4) is 0 Å². The highest BCUT2D eigenvalue weighted by molar-refractivity contribution is 5.66. The van der Waals surface area contributed by atoms with Crippen LogP contribution in [0.2, 0.25) is 0 Å². The predicted octanol–water partition coefficient (Wildman–Crippen LogP) is 9.32. The van der Waals surface area contributed by atoms with Crippen LogP contribution in [0.5, 0.6) is 0 Å². The maximum Gasteiger partial charge on any atom is 0.303 e. The van der Waals surface area contributed by atoms with Gasteiger partial charge in [-0.2, -0.15) is 0 Å². The van der Waals surface area contributed by atoms with Crippen molar-refractivity contribution in [1.82, 2.24) is 0 Å².